The van der Waals surface area contributed by atoms with Crippen molar-refractivity contribution >= 4 is 27.7 Å². The highest BCUT2D eigenvalue weighted by molar-refractivity contribution is 9.10. The van der Waals surface area contributed by atoms with E-state index in [0.717, 1.165) is 15.6 Å². The van der Waals surface area contributed by atoms with Crippen LogP contribution in [0.3, 0.4) is 0 Å². The minimum Gasteiger partial charge on any atom is -0.487 e. The predicted molar refractivity (Wildman–Crippen MR) is 88.7 cm³/mol. The number of allylic oxidation sites excluding steroid dienone is 1. The molecule has 1 aliphatic heterocycles. The number of carbonyl (C=O) groups is 1. The fourth-order valence-corrected chi connectivity index (χ4v) is 3.07. The van der Waals surface area contributed by atoms with Crippen molar-refractivity contribution < 1.29 is 14.6 Å². The van der Waals surface area contributed by atoms with Gasteiger partial charge < -0.3 is 9.84 Å². The maximum atomic E-state index is 11.0. The summed E-state index contributed by atoms with van der Waals surface area (Å²) in [5.41, 5.74) is 2.50. The Morgan fingerprint density at radius 2 is 2.05 bits per heavy atom. The van der Waals surface area contributed by atoms with Crippen LogP contribution in [0.15, 0.2) is 59.1 Å². The topological polar surface area (TPSA) is 58.6 Å². The van der Waals surface area contributed by atoms with Gasteiger partial charge in [0, 0.05) is 16.0 Å². The second kappa shape index (κ2) is 6.23. The number of rotatable bonds is 2. The van der Waals surface area contributed by atoms with Crippen molar-refractivity contribution in [3.8, 4) is 5.75 Å². The number of nitrogens with one attached hydrogen (secondary N) is 1. The molecule has 0 saturated heterocycles. The molecule has 5 heteroatoms. The summed E-state index contributed by atoms with van der Waals surface area (Å²) in [4.78, 5) is 11.0. The number of fused-ring (bicyclic) bond motifs is 1. The summed E-state index contributed by atoms with van der Waals surface area (Å²) in [5.74, 6) is 0.593. The summed E-state index contributed by atoms with van der Waals surface area (Å²) in [6.07, 6.45) is 2.92. The van der Waals surface area contributed by atoms with Gasteiger partial charge in [0.05, 0.1) is 5.69 Å². The van der Waals surface area contributed by atoms with E-state index in [1.807, 2.05) is 30.3 Å². The van der Waals surface area contributed by atoms with Gasteiger partial charge in [-0.15, -0.1) is 0 Å². The fraction of sp³-hybridized carbons (Fsp3) is 0.118. The first-order chi connectivity index (χ1) is 10.6. The minimum absolute atomic E-state index is 0.0190. The van der Waals surface area contributed by atoms with E-state index in [0.29, 0.717) is 18.0 Å². The molecule has 112 valence electrons. The maximum absolute atomic E-state index is 11.0. The molecule has 0 aliphatic carbocycles. The van der Waals surface area contributed by atoms with Crippen molar-refractivity contribution in [3.63, 3.8) is 0 Å². The molecular formula is C17H14BrNO3. The number of hydrogen-bond acceptors (Lipinski definition) is 2. The molecule has 1 aliphatic rings. The third-order valence-electron chi connectivity index (χ3n) is 3.47. The Kier molecular flexibility index (Phi) is 4.15. The van der Waals surface area contributed by atoms with Crippen molar-refractivity contribution in [2.24, 2.45) is 0 Å². The first-order valence-electron chi connectivity index (χ1n) is 6.83. The molecule has 0 fully saturated rings. The lowest BCUT2D eigenvalue weighted by Crippen LogP contribution is -2.10. The van der Waals surface area contributed by atoms with E-state index in [9.17, 15) is 4.79 Å². The minimum atomic E-state index is -1.11. The summed E-state index contributed by atoms with van der Waals surface area (Å²) < 4.78 is 6.55. The number of halogens is 1. The summed E-state index contributed by atoms with van der Waals surface area (Å²) in [6.45, 7) is 0.409. The number of carboxylic acid groups (broad SMARTS) is 1. The van der Waals surface area contributed by atoms with Crippen LogP contribution in [0.5, 0.6) is 5.75 Å². The lowest BCUT2D eigenvalue weighted by atomic mass is 9.90. The monoisotopic (exact) mass is 359 g/mol. The second-order valence-electron chi connectivity index (χ2n) is 4.93. The number of ether oxygens (including phenoxy) is 1. The molecular weight excluding hydrogens is 346 g/mol. The van der Waals surface area contributed by atoms with E-state index in [4.69, 9.17) is 9.84 Å². The van der Waals surface area contributed by atoms with Crippen molar-refractivity contribution in [2.75, 3.05) is 11.9 Å². The molecule has 0 spiro atoms. The van der Waals surface area contributed by atoms with E-state index in [2.05, 4.69) is 39.5 Å². The molecule has 1 heterocycles. The molecule has 22 heavy (non-hydrogen) atoms. The summed E-state index contributed by atoms with van der Waals surface area (Å²) >= 11 is 3.44. The fourth-order valence-electron chi connectivity index (χ4n) is 2.59. The van der Waals surface area contributed by atoms with Crippen molar-refractivity contribution in [1.29, 1.82) is 0 Å². The van der Waals surface area contributed by atoms with E-state index in [1.54, 1.807) is 6.07 Å². The Bertz CT molecular complexity index is 728. The second-order valence-corrected chi connectivity index (χ2v) is 5.85. The van der Waals surface area contributed by atoms with Gasteiger partial charge in [-0.1, -0.05) is 58.4 Å². The van der Waals surface area contributed by atoms with E-state index in [1.165, 1.54) is 0 Å². The van der Waals surface area contributed by atoms with Crippen LogP contribution in [0.25, 0.3) is 0 Å². The summed E-state index contributed by atoms with van der Waals surface area (Å²) in [7, 11) is 0. The van der Waals surface area contributed by atoms with Crippen LogP contribution in [0.1, 0.15) is 17.0 Å². The first kappa shape index (κ1) is 14.7. The van der Waals surface area contributed by atoms with E-state index >= 15 is 0 Å². The molecule has 2 N–H and O–H groups in total. The van der Waals surface area contributed by atoms with Crippen LogP contribution in [0, 0.1) is 0 Å². The highest BCUT2D eigenvalue weighted by Gasteiger charge is 2.22. The quantitative estimate of drug-likeness (QED) is 0.769. The molecule has 2 aromatic carbocycles. The standard InChI is InChI=1S/C17H14BrNO3/c18-12-9-14-13(11-5-2-1-3-6-11)7-4-8-22-16(14)15(10-12)19-17(20)21/h1-7,9-10,13,19H,8H2,(H,20,21). The SMILES string of the molecule is O=C(O)Nc1cc(Br)cc2c1OCC=CC2c1ccccc1. The van der Waals surface area contributed by atoms with Gasteiger partial charge in [-0.05, 0) is 17.7 Å². The molecule has 0 bridgehead atoms. The average molecular weight is 360 g/mol. The molecule has 3 rings (SSSR count). The Morgan fingerprint density at radius 3 is 2.77 bits per heavy atom. The zero-order valence-corrected chi connectivity index (χ0v) is 13.2. The van der Waals surface area contributed by atoms with Gasteiger partial charge in [-0.3, -0.25) is 5.32 Å². The third-order valence-corrected chi connectivity index (χ3v) is 3.93. The van der Waals surface area contributed by atoms with Gasteiger partial charge in [0.25, 0.3) is 0 Å². The Hall–Kier alpha value is -2.27. The zero-order valence-electron chi connectivity index (χ0n) is 11.6. The molecule has 2 aromatic rings. The number of benzene rings is 2. The van der Waals surface area contributed by atoms with Crippen LogP contribution in [-0.4, -0.2) is 17.8 Å². The first-order valence-corrected chi connectivity index (χ1v) is 7.62. The van der Waals surface area contributed by atoms with Gasteiger partial charge in [0.1, 0.15) is 12.4 Å². The molecule has 1 amide bonds. The predicted octanol–water partition coefficient (Wildman–Crippen LogP) is 4.62. The highest BCUT2D eigenvalue weighted by atomic mass is 79.9. The van der Waals surface area contributed by atoms with Crippen molar-refractivity contribution in [1.82, 2.24) is 0 Å². The molecule has 0 radical (unpaired) electrons. The molecule has 0 aromatic heterocycles. The molecule has 4 nitrogen and oxygen atoms in total. The number of hydrogen-bond donors (Lipinski definition) is 2. The van der Waals surface area contributed by atoms with Crippen molar-refractivity contribution in [3.05, 3.63) is 70.2 Å². The van der Waals surface area contributed by atoms with E-state index < -0.39 is 6.09 Å². The smallest absolute Gasteiger partial charge is 0.409 e. The van der Waals surface area contributed by atoms with Gasteiger partial charge in [0.2, 0.25) is 0 Å². The lowest BCUT2D eigenvalue weighted by molar-refractivity contribution is 0.209. The van der Waals surface area contributed by atoms with Crippen LogP contribution in [0.4, 0.5) is 10.5 Å². The van der Waals surface area contributed by atoms with E-state index in [-0.39, 0.29) is 5.92 Å². The van der Waals surface area contributed by atoms with Crippen LogP contribution < -0.4 is 10.1 Å². The third kappa shape index (κ3) is 2.99. The van der Waals surface area contributed by atoms with Crippen LogP contribution in [0.2, 0.25) is 0 Å². The Balaban J connectivity index is 2.14. The molecule has 1 atom stereocenters. The largest absolute Gasteiger partial charge is 0.487 e. The van der Waals surface area contributed by atoms with Crippen molar-refractivity contribution in [2.45, 2.75) is 5.92 Å². The van der Waals surface area contributed by atoms with Gasteiger partial charge in [0.15, 0.2) is 0 Å². The van der Waals surface area contributed by atoms with Gasteiger partial charge in [-0.25, -0.2) is 4.79 Å². The molecule has 0 saturated carbocycles. The zero-order chi connectivity index (χ0) is 15.5. The lowest BCUT2D eigenvalue weighted by Gasteiger charge is -2.19. The average Bonchev–Trinajstić information content (AvgIpc) is 2.70. The maximum Gasteiger partial charge on any atom is 0.409 e. The Labute approximate surface area is 136 Å². The summed E-state index contributed by atoms with van der Waals surface area (Å²) in [6, 6.07) is 13.7. The van der Waals surface area contributed by atoms with Gasteiger partial charge >= 0.3 is 6.09 Å². The normalized spacial score (nSPS) is 16.3. The van der Waals surface area contributed by atoms with Gasteiger partial charge in [-0.2, -0.15) is 0 Å². The van der Waals surface area contributed by atoms with Crippen LogP contribution >= 0.6 is 15.9 Å². The molecule has 1 unspecified atom stereocenters. The van der Waals surface area contributed by atoms with Crippen LogP contribution in [-0.2, 0) is 0 Å². The number of amides is 1. The Morgan fingerprint density at radius 1 is 1.27 bits per heavy atom. The summed E-state index contributed by atoms with van der Waals surface area (Å²) in [5, 5.41) is 11.4. The number of anilines is 1. The highest BCUT2D eigenvalue weighted by Crippen LogP contribution is 2.41.